The van der Waals surface area contributed by atoms with Crippen LogP contribution in [0.25, 0.3) is 0 Å². The molecule has 3 heterocycles. The highest BCUT2D eigenvalue weighted by Gasteiger charge is 2.35. The van der Waals surface area contributed by atoms with Crippen LogP contribution in [0.15, 0.2) is 24.7 Å². The number of nitrogens with one attached hydrogen (secondary N) is 1. The molecular formula is C22H27F4N7O2. The van der Waals surface area contributed by atoms with Crippen LogP contribution < -0.4 is 16.0 Å². The molecule has 2 aromatic heterocycles. The first-order valence-corrected chi connectivity index (χ1v) is 11.3. The molecular weight excluding hydrogens is 470 g/mol. The number of piperidine rings is 1. The number of rotatable bonds is 9. The van der Waals surface area contributed by atoms with Gasteiger partial charge in [-0.3, -0.25) is 14.7 Å². The van der Waals surface area contributed by atoms with E-state index in [1.165, 1.54) is 12.4 Å². The predicted octanol–water partition coefficient (Wildman–Crippen LogP) is 1.78. The highest BCUT2D eigenvalue weighted by atomic mass is 19.4. The number of nitrogens with zero attached hydrogens (tertiary/aromatic N) is 5. The van der Waals surface area contributed by atoms with Gasteiger partial charge in [0.2, 0.25) is 11.7 Å². The van der Waals surface area contributed by atoms with Crippen LogP contribution in [0.2, 0.25) is 0 Å². The first kappa shape index (κ1) is 25.0. The lowest BCUT2D eigenvalue weighted by Gasteiger charge is -2.35. The number of pyridine rings is 1. The Morgan fingerprint density at radius 1 is 1.23 bits per heavy atom. The number of aromatic nitrogens is 3. The lowest BCUT2D eigenvalue weighted by Crippen LogP contribution is -2.48. The maximum Gasteiger partial charge on any atom is 0.433 e. The number of primary amides is 1. The number of aliphatic hydroxyl groups is 1. The minimum atomic E-state index is -4.53. The number of amides is 1. The van der Waals surface area contributed by atoms with Crippen molar-refractivity contribution in [3.63, 3.8) is 0 Å². The van der Waals surface area contributed by atoms with Gasteiger partial charge < -0.3 is 21.1 Å². The third kappa shape index (κ3) is 6.34. The number of hydrogen-bond acceptors (Lipinski definition) is 8. The van der Waals surface area contributed by atoms with E-state index >= 15 is 4.39 Å². The number of carbonyl (C=O) groups excluding carboxylic acids is 1. The Bertz CT molecular complexity index is 1030. The molecule has 1 aliphatic carbocycles. The van der Waals surface area contributed by atoms with E-state index < -0.39 is 29.7 Å². The zero-order chi connectivity index (χ0) is 25.2. The average Bonchev–Trinajstić information content (AvgIpc) is 3.63. The minimum Gasteiger partial charge on any atom is -0.391 e. The zero-order valence-electron chi connectivity index (χ0n) is 18.9. The molecule has 2 fully saturated rings. The molecule has 13 heteroatoms. The van der Waals surface area contributed by atoms with Crippen LogP contribution in [-0.2, 0) is 17.5 Å². The molecule has 9 nitrogen and oxygen atoms in total. The number of carbonyl (C=O) groups is 1. The fourth-order valence-corrected chi connectivity index (χ4v) is 4.21. The van der Waals surface area contributed by atoms with Crippen molar-refractivity contribution in [3.05, 3.63) is 41.7 Å². The first-order valence-electron chi connectivity index (χ1n) is 11.3. The normalized spacial score (nSPS) is 21.1. The van der Waals surface area contributed by atoms with Crippen LogP contribution in [0, 0.1) is 11.7 Å². The number of anilines is 2. The lowest BCUT2D eigenvalue weighted by molar-refractivity contribution is -0.141. The molecule has 1 saturated carbocycles. The lowest BCUT2D eigenvalue weighted by atomic mass is 9.93. The van der Waals surface area contributed by atoms with E-state index in [2.05, 4.69) is 20.3 Å². The van der Waals surface area contributed by atoms with Gasteiger partial charge >= 0.3 is 6.18 Å². The summed E-state index contributed by atoms with van der Waals surface area (Å²) in [6, 6.07) is 2.25. The Morgan fingerprint density at radius 2 is 2.00 bits per heavy atom. The van der Waals surface area contributed by atoms with Crippen molar-refractivity contribution < 1.29 is 27.5 Å². The largest absolute Gasteiger partial charge is 0.433 e. The van der Waals surface area contributed by atoms with Crippen LogP contribution in [0.5, 0.6) is 0 Å². The monoisotopic (exact) mass is 497 g/mol. The predicted molar refractivity (Wildman–Crippen MR) is 119 cm³/mol. The van der Waals surface area contributed by atoms with E-state index in [-0.39, 0.29) is 43.2 Å². The number of nitrogens with two attached hydrogens (primary N) is 1. The molecule has 0 radical (unpaired) electrons. The van der Waals surface area contributed by atoms with Gasteiger partial charge in [0.25, 0.3) is 0 Å². The van der Waals surface area contributed by atoms with E-state index in [4.69, 9.17) is 5.73 Å². The van der Waals surface area contributed by atoms with Crippen molar-refractivity contribution in [2.24, 2.45) is 11.7 Å². The van der Waals surface area contributed by atoms with E-state index in [0.29, 0.717) is 25.1 Å². The van der Waals surface area contributed by atoms with Gasteiger partial charge in [-0.25, -0.2) is 9.97 Å². The van der Waals surface area contributed by atoms with Gasteiger partial charge in [0, 0.05) is 37.8 Å². The second-order valence-corrected chi connectivity index (χ2v) is 8.97. The summed E-state index contributed by atoms with van der Waals surface area (Å²) in [7, 11) is 0. The van der Waals surface area contributed by atoms with Crippen LogP contribution in [0.3, 0.4) is 0 Å². The third-order valence-corrected chi connectivity index (χ3v) is 6.22. The Kier molecular flexibility index (Phi) is 7.36. The van der Waals surface area contributed by atoms with Crippen LogP contribution in [0.4, 0.5) is 29.2 Å². The quantitative estimate of drug-likeness (QED) is 0.449. The molecule has 1 aliphatic heterocycles. The fourth-order valence-electron chi connectivity index (χ4n) is 4.21. The summed E-state index contributed by atoms with van der Waals surface area (Å²) in [6.45, 7) is 1.38. The van der Waals surface area contributed by atoms with Crippen LogP contribution in [-0.4, -0.2) is 69.2 Å². The van der Waals surface area contributed by atoms with Crippen molar-refractivity contribution in [1.29, 1.82) is 0 Å². The second kappa shape index (κ2) is 10.3. The standard InChI is InChI=1S/C22H27F4N7O2/c23-19-20(29-8-14-5-6-32(10-16(14)34)11-18(27)35)30-12-31-21(19)33(15-2-3-15)9-13-1-4-17(28-7-13)22(24,25)26/h1,4,7,12,14-16,34H,2-3,5-6,8-11H2,(H2,27,35)(H,29,30,31)/t14-,16+/m0/s1. The topological polar surface area (TPSA) is 120 Å². The molecule has 0 spiro atoms. The van der Waals surface area contributed by atoms with Gasteiger partial charge in [0.05, 0.1) is 12.6 Å². The van der Waals surface area contributed by atoms with E-state index in [0.717, 1.165) is 25.1 Å². The van der Waals surface area contributed by atoms with E-state index in [9.17, 15) is 23.1 Å². The molecule has 1 saturated heterocycles. The molecule has 0 unspecified atom stereocenters. The van der Waals surface area contributed by atoms with Crippen molar-refractivity contribution in [3.8, 4) is 0 Å². The molecule has 4 rings (SSSR count). The van der Waals surface area contributed by atoms with Gasteiger partial charge in [-0.05, 0) is 37.4 Å². The summed E-state index contributed by atoms with van der Waals surface area (Å²) in [6.07, 6.45) is -0.645. The summed E-state index contributed by atoms with van der Waals surface area (Å²) in [5, 5.41) is 13.4. The number of likely N-dealkylation sites (tertiary alicyclic amines) is 1. The van der Waals surface area contributed by atoms with E-state index in [1.807, 2.05) is 0 Å². The Morgan fingerprint density at radius 3 is 2.60 bits per heavy atom. The summed E-state index contributed by atoms with van der Waals surface area (Å²) in [5.74, 6) is -1.26. The Balaban J connectivity index is 1.42. The van der Waals surface area contributed by atoms with Crippen LogP contribution in [0.1, 0.15) is 30.5 Å². The molecule has 190 valence electrons. The molecule has 2 atom stereocenters. The maximum atomic E-state index is 15.4. The molecule has 4 N–H and O–H groups in total. The van der Waals surface area contributed by atoms with Crippen molar-refractivity contribution >= 4 is 17.5 Å². The number of alkyl halides is 3. The average molecular weight is 497 g/mol. The highest BCUT2D eigenvalue weighted by Crippen LogP contribution is 2.35. The second-order valence-electron chi connectivity index (χ2n) is 8.97. The summed E-state index contributed by atoms with van der Waals surface area (Å²) < 4.78 is 53.8. The number of β-amino-alcohol motifs (C(OH)–C–C–N with tert-alkyl or cyclic N) is 1. The van der Waals surface area contributed by atoms with Crippen molar-refractivity contribution in [1.82, 2.24) is 19.9 Å². The Labute approximate surface area is 199 Å². The molecule has 35 heavy (non-hydrogen) atoms. The number of aliphatic hydroxyl groups excluding tert-OH is 1. The molecule has 2 aromatic rings. The first-order chi connectivity index (χ1) is 16.6. The van der Waals surface area contributed by atoms with Gasteiger partial charge in [-0.2, -0.15) is 17.6 Å². The van der Waals surface area contributed by atoms with Gasteiger partial charge in [0.15, 0.2) is 11.6 Å². The number of halogens is 4. The van der Waals surface area contributed by atoms with Gasteiger partial charge in [-0.1, -0.05) is 6.07 Å². The fraction of sp³-hybridized carbons (Fsp3) is 0.545. The third-order valence-electron chi connectivity index (χ3n) is 6.22. The summed E-state index contributed by atoms with van der Waals surface area (Å²) >= 11 is 0. The summed E-state index contributed by atoms with van der Waals surface area (Å²) in [4.78, 5) is 26.2. The SMILES string of the molecule is NC(=O)CN1CC[C@@H](CNc2ncnc(N(Cc3ccc(C(F)(F)F)nc3)C3CC3)c2F)[C@H](O)C1. The smallest absolute Gasteiger partial charge is 0.391 e. The van der Waals surface area contributed by atoms with Gasteiger partial charge in [-0.15, -0.1) is 0 Å². The molecule has 1 amide bonds. The van der Waals surface area contributed by atoms with Crippen molar-refractivity contribution in [2.75, 3.05) is 36.4 Å². The number of hydrogen-bond donors (Lipinski definition) is 3. The Hall–Kier alpha value is -3.06. The molecule has 0 aromatic carbocycles. The summed E-state index contributed by atoms with van der Waals surface area (Å²) in [5.41, 5.74) is 4.73. The molecule has 0 bridgehead atoms. The zero-order valence-corrected chi connectivity index (χ0v) is 18.9. The highest BCUT2D eigenvalue weighted by molar-refractivity contribution is 5.75. The molecule has 2 aliphatic rings. The van der Waals surface area contributed by atoms with E-state index in [1.54, 1.807) is 9.80 Å². The van der Waals surface area contributed by atoms with Crippen molar-refractivity contribution in [2.45, 2.75) is 44.1 Å². The van der Waals surface area contributed by atoms with Crippen LogP contribution >= 0.6 is 0 Å². The van der Waals surface area contributed by atoms with Gasteiger partial charge in [0.1, 0.15) is 12.0 Å². The maximum absolute atomic E-state index is 15.4. The minimum absolute atomic E-state index is 0.0158.